The summed E-state index contributed by atoms with van der Waals surface area (Å²) in [6.45, 7) is 1.28. The van der Waals surface area contributed by atoms with Crippen molar-refractivity contribution in [2.24, 2.45) is 0 Å². The Hall–Kier alpha value is -2.34. The van der Waals surface area contributed by atoms with Crippen LogP contribution in [0.4, 0.5) is 10.1 Å². The van der Waals surface area contributed by atoms with Crippen molar-refractivity contribution in [2.45, 2.75) is 13.5 Å². The van der Waals surface area contributed by atoms with Gasteiger partial charge in [0.15, 0.2) is 0 Å². The molecule has 1 aromatic heterocycles. The molecule has 0 saturated heterocycles. The first-order chi connectivity index (χ1) is 9.04. The van der Waals surface area contributed by atoms with Crippen LogP contribution >= 0.6 is 0 Å². The summed E-state index contributed by atoms with van der Waals surface area (Å²) in [5, 5.41) is 20.0. The Kier molecular flexibility index (Phi) is 3.52. The number of aliphatic hydroxyl groups is 1. The zero-order chi connectivity index (χ0) is 14.0. The molecule has 0 atom stereocenters. The third-order valence-electron chi connectivity index (χ3n) is 2.83. The highest BCUT2D eigenvalue weighted by Gasteiger charge is 2.16. The number of nitro groups is 1. The number of pyridine rings is 1. The van der Waals surface area contributed by atoms with E-state index in [1.165, 1.54) is 24.4 Å². The normalized spacial score (nSPS) is 10.5. The average Bonchev–Trinajstić information content (AvgIpc) is 2.38. The first kappa shape index (κ1) is 13.1. The molecule has 2 rings (SSSR count). The van der Waals surface area contributed by atoms with Crippen LogP contribution in [0.3, 0.4) is 0 Å². The number of nitrogens with zero attached hydrogens (tertiary/aromatic N) is 2. The van der Waals surface area contributed by atoms with E-state index in [1.807, 2.05) is 0 Å². The van der Waals surface area contributed by atoms with Gasteiger partial charge < -0.3 is 5.11 Å². The summed E-state index contributed by atoms with van der Waals surface area (Å²) in [4.78, 5) is 13.9. The minimum atomic E-state index is -0.557. The van der Waals surface area contributed by atoms with Crippen LogP contribution in [0.5, 0.6) is 0 Å². The molecule has 5 nitrogen and oxygen atoms in total. The topological polar surface area (TPSA) is 76.3 Å². The van der Waals surface area contributed by atoms with Gasteiger partial charge in [-0.2, -0.15) is 0 Å². The molecule has 0 aliphatic carbocycles. The number of non-ortho nitro benzene ring substituents is 1. The predicted octanol–water partition coefficient (Wildman–Crippen LogP) is 2.60. The van der Waals surface area contributed by atoms with Gasteiger partial charge in [-0.25, -0.2) is 4.39 Å². The van der Waals surface area contributed by atoms with Gasteiger partial charge in [-0.15, -0.1) is 0 Å². The molecule has 6 heteroatoms. The Morgan fingerprint density at radius 1 is 1.42 bits per heavy atom. The van der Waals surface area contributed by atoms with Gasteiger partial charge in [0, 0.05) is 23.9 Å². The lowest BCUT2D eigenvalue weighted by Crippen LogP contribution is -1.97. The number of benzene rings is 1. The van der Waals surface area contributed by atoms with Gasteiger partial charge in [0.25, 0.3) is 5.69 Å². The second kappa shape index (κ2) is 5.11. The Morgan fingerprint density at radius 2 is 2.16 bits per heavy atom. The van der Waals surface area contributed by atoms with Crippen molar-refractivity contribution in [3.63, 3.8) is 0 Å². The van der Waals surface area contributed by atoms with Gasteiger partial charge in [0.05, 0.1) is 17.7 Å². The van der Waals surface area contributed by atoms with Crippen LogP contribution in [0.2, 0.25) is 0 Å². The number of aromatic nitrogens is 1. The standard InChI is InChI=1S/C13H11FN2O3/c1-8-5-15-6-12(14)13(8)11-3-2-10(16(18)19)4-9(11)7-17/h2-6,17H,7H2,1H3. The number of hydrogen-bond donors (Lipinski definition) is 1. The van der Waals surface area contributed by atoms with E-state index in [9.17, 15) is 19.6 Å². The molecule has 0 saturated carbocycles. The fourth-order valence-corrected chi connectivity index (χ4v) is 1.94. The Bertz CT molecular complexity index is 624. The molecule has 0 aliphatic heterocycles. The monoisotopic (exact) mass is 262 g/mol. The summed E-state index contributed by atoms with van der Waals surface area (Å²) >= 11 is 0. The first-order valence-corrected chi connectivity index (χ1v) is 5.53. The largest absolute Gasteiger partial charge is 0.392 e. The van der Waals surface area contributed by atoms with Crippen LogP contribution in [0.25, 0.3) is 11.1 Å². The molecule has 0 unspecified atom stereocenters. The van der Waals surface area contributed by atoms with Crippen molar-refractivity contribution in [2.75, 3.05) is 0 Å². The summed E-state index contributed by atoms with van der Waals surface area (Å²) < 4.78 is 13.8. The predicted molar refractivity (Wildman–Crippen MR) is 66.9 cm³/mol. The lowest BCUT2D eigenvalue weighted by molar-refractivity contribution is -0.384. The van der Waals surface area contributed by atoms with Crippen LogP contribution in [0.15, 0.2) is 30.6 Å². The maximum atomic E-state index is 13.8. The number of nitro benzene ring substituents is 1. The Morgan fingerprint density at radius 3 is 2.74 bits per heavy atom. The maximum absolute atomic E-state index is 13.8. The van der Waals surface area contributed by atoms with Crippen LogP contribution in [-0.4, -0.2) is 15.0 Å². The van der Waals surface area contributed by atoms with E-state index < -0.39 is 17.3 Å². The summed E-state index contributed by atoms with van der Waals surface area (Å²) in [7, 11) is 0. The van der Waals surface area contributed by atoms with Crippen molar-refractivity contribution in [1.29, 1.82) is 0 Å². The van der Waals surface area contributed by atoms with Crippen LogP contribution in [0, 0.1) is 22.9 Å². The smallest absolute Gasteiger partial charge is 0.269 e. The van der Waals surface area contributed by atoms with E-state index in [0.717, 1.165) is 6.20 Å². The lowest BCUT2D eigenvalue weighted by Gasteiger charge is -2.11. The minimum absolute atomic E-state index is 0.139. The number of hydrogen-bond acceptors (Lipinski definition) is 4. The van der Waals surface area contributed by atoms with Crippen molar-refractivity contribution >= 4 is 5.69 Å². The zero-order valence-corrected chi connectivity index (χ0v) is 10.1. The summed E-state index contributed by atoms with van der Waals surface area (Å²) in [6, 6.07) is 3.97. The molecule has 0 amide bonds. The molecule has 1 N–H and O–H groups in total. The van der Waals surface area contributed by atoms with E-state index in [1.54, 1.807) is 6.92 Å². The van der Waals surface area contributed by atoms with Crippen molar-refractivity contribution in [1.82, 2.24) is 4.98 Å². The summed E-state index contributed by atoms with van der Waals surface area (Å²) in [6.07, 6.45) is 2.58. The van der Waals surface area contributed by atoms with E-state index in [2.05, 4.69) is 4.98 Å². The second-order valence-corrected chi connectivity index (χ2v) is 4.07. The molecule has 98 valence electrons. The SMILES string of the molecule is Cc1cncc(F)c1-c1ccc([N+](=O)[O-])cc1CO. The fourth-order valence-electron chi connectivity index (χ4n) is 1.94. The van der Waals surface area contributed by atoms with Crippen molar-refractivity contribution < 1.29 is 14.4 Å². The number of aliphatic hydroxyl groups excluding tert-OH is 1. The number of rotatable bonds is 3. The molecule has 1 heterocycles. The highest BCUT2D eigenvalue weighted by Crippen LogP contribution is 2.31. The number of halogens is 1. The third-order valence-corrected chi connectivity index (χ3v) is 2.83. The van der Waals surface area contributed by atoms with E-state index >= 15 is 0 Å². The van der Waals surface area contributed by atoms with Gasteiger partial charge in [-0.3, -0.25) is 15.1 Å². The fraction of sp³-hybridized carbons (Fsp3) is 0.154. The molecule has 0 bridgehead atoms. The second-order valence-electron chi connectivity index (χ2n) is 4.07. The summed E-state index contributed by atoms with van der Waals surface area (Å²) in [5.74, 6) is -0.524. The molecule has 2 aromatic rings. The highest BCUT2D eigenvalue weighted by atomic mass is 19.1. The molecule has 0 fully saturated rings. The van der Waals surface area contributed by atoms with Crippen molar-refractivity contribution in [3.05, 3.63) is 57.7 Å². The van der Waals surface area contributed by atoms with Gasteiger partial charge >= 0.3 is 0 Å². The molecular formula is C13H11FN2O3. The Labute approximate surface area is 108 Å². The molecule has 0 radical (unpaired) electrons. The van der Waals surface area contributed by atoms with E-state index in [0.29, 0.717) is 22.3 Å². The molecule has 1 aromatic carbocycles. The molecule has 19 heavy (non-hydrogen) atoms. The minimum Gasteiger partial charge on any atom is -0.392 e. The van der Waals surface area contributed by atoms with Gasteiger partial charge in [-0.05, 0) is 29.7 Å². The third kappa shape index (κ3) is 2.43. The maximum Gasteiger partial charge on any atom is 0.269 e. The van der Waals surface area contributed by atoms with Crippen molar-refractivity contribution in [3.8, 4) is 11.1 Å². The molecule has 0 aliphatic rings. The Balaban J connectivity index is 2.66. The first-order valence-electron chi connectivity index (χ1n) is 5.53. The van der Waals surface area contributed by atoms with Crippen LogP contribution in [0.1, 0.15) is 11.1 Å². The van der Waals surface area contributed by atoms with Crippen LogP contribution in [-0.2, 0) is 6.61 Å². The zero-order valence-electron chi connectivity index (χ0n) is 10.1. The van der Waals surface area contributed by atoms with Gasteiger partial charge in [0.1, 0.15) is 5.82 Å². The molecule has 0 spiro atoms. The molecular weight excluding hydrogens is 251 g/mol. The quantitative estimate of drug-likeness (QED) is 0.681. The van der Waals surface area contributed by atoms with E-state index in [4.69, 9.17) is 0 Å². The van der Waals surface area contributed by atoms with Gasteiger partial charge in [0.2, 0.25) is 0 Å². The summed E-state index contributed by atoms with van der Waals surface area (Å²) in [5.41, 5.74) is 1.50. The van der Waals surface area contributed by atoms with Crippen LogP contribution < -0.4 is 0 Å². The van der Waals surface area contributed by atoms with Gasteiger partial charge in [-0.1, -0.05) is 0 Å². The highest BCUT2D eigenvalue weighted by molar-refractivity contribution is 5.72. The lowest BCUT2D eigenvalue weighted by atomic mass is 9.97. The average molecular weight is 262 g/mol. The van der Waals surface area contributed by atoms with E-state index in [-0.39, 0.29) is 5.69 Å². The number of aryl methyl sites for hydroxylation is 1.